The number of halogens is 2. The van der Waals surface area contributed by atoms with Gasteiger partial charge in [-0.3, -0.25) is 0 Å². The van der Waals surface area contributed by atoms with Crippen molar-refractivity contribution in [2.45, 2.75) is 19.6 Å². The molecule has 2 N–H and O–H groups in total. The second-order valence-electron chi connectivity index (χ2n) is 3.24. The monoisotopic (exact) mass is 213 g/mol. The first kappa shape index (κ1) is 11.7. The molecule has 0 aromatic heterocycles. The van der Waals surface area contributed by atoms with Crippen LogP contribution >= 0.6 is 0 Å². The Labute approximate surface area is 87.4 Å². The highest BCUT2D eigenvalue weighted by atomic mass is 19.3. The highest BCUT2D eigenvalue weighted by Crippen LogP contribution is 2.28. The maximum absolute atomic E-state index is 12.1. The first-order valence-corrected chi connectivity index (χ1v) is 4.47. The Balaban J connectivity index is 3.00. The number of hydrogen-bond acceptors (Lipinski definition) is 2. The van der Waals surface area contributed by atoms with Crippen LogP contribution in [0.3, 0.4) is 0 Å². The van der Waals surface area contributed by atoms with Crippen LogP contribution in [0.5, 0.6) is 5.75 Å². The number of nitrogens with two attached hydrogens (primary N) is 1. The van der Waals surface area contributed by atoms with Crippen LogP contribution in [0.4, 0.5) is 8.78 Å². The van der Waals surface area contributed by atoms with Crippen molar-refractivity contribution in [3.63, 3.8) is 0 Å². The van der Waals surface area contributed by atoms with Crippen molar-refractivity contribution >= 4 is 0 Å². The summed E-state index contributed by atoms with van der Waals surface area (Å²) in [5.74, 6) is 0.100. The van der Waals surface area contributed by atoms with Gasteiger partial charge in [0.2, 0.25) is 0 Å². The maximum atomic E-state index is 12.1. The minimum absolute atomic E-state index is 0.100. The Morgan fingerprint density at radius 1 is 1.40 bits per heavy atom. The molecule has 82 valence electrons. The van der Waals surface area contributed by atoms with Gasteiger partial charge >= 0.3 is 6.61 Å². The lowest BCUT2D eigenvalue weighted by Crippen LogP contribution is -2.14. The topological polar surface area (TPSA) is 35.2 Å². The van der Waals surface area contributed by atoms with Crippen LogP contribution in [0.25, 0.3) is 0 Å². The number of ether oxygens (including phenoxy) is 1. The van der Waals surface area contributed by atoms with E-state index < -0.39 is 12.7 Å². The largest absolute Gasteiger partial charge is 0.434 e. The van der Waals surface area contributed by atoms with E-state index in [9.17, 15) is 8.78 Å². The van der Waals surface area contributed by atoms with Gasteiger partial charge < -0.3 is 10.5 Å². The third-order valence-electron chi connectivity index (χ3n) is 2.00. The molecule has 0 heterocycles. The molecule has 0 aliphatic rings. The molecule has 0 spiro atoms. The predicted molar refractivity (Wildman–Crippen MR) is 54.8 cm³/mol. The average molecular weight is 213 g/mol. The molecule has 2 nitrogen and oxygen atoms in total. The lowest BCUT2D eigenvalue weighted by Gasteiger charge is -2.16. The quantitative estimate of drug-likeness (QED) is 0.780. The Morgan fingerprint density at radius 3 is 2.53 bits per heavy atom. The highest BCUT2D eigenvalue weighted by molar-refractivity contribution is 5.39. The summed E-state index contributed by atoms with van der Waals surface area (Å²) in [6, 6.07) is 5.96. The summed E-state index contributed by atoms with van der Waals surface area (Å²) < 4.78 is 28.5. The van der Waals surface area contributed by atoms with Gasteiger partial charge in [-0.1, -0.05) is 30.4 Å². The van der Waals surface area contributed by atoms with E-state index in [0.717, 1.165) is 0 Å². The number of benzene rings is 1. The van der Waals surface area contributed by atoms with E-state index in [0.29, 0.717) is 11.1 Å². The molecule has 1 rings (SSSR count). The van der Waals surface area contributed by atoms with E-state index >= 15 is 0 Å². The number of hydrogen-bond donors (Lipinski definition) is 1. The summed E-state index contributed by atoms with van der Waals surface area (Å²) in [5, 5.41) is 0. The number of para-hydroxylation sites is 1. The van der Waals surface area contributed by atoms with Gasteiger partial charge in [-0.2, -0.15) is 8.78 Å². The smallest absolute Gasteiger partial charge is 0.387 e. The molecule has 1 aromatic rings. The van der Waals surface area contributed by atoms with Crippen LogP contribution in [0, 0.1) is 0 Å². The maximum Gasteiger partial charge on any atom is 0.387 e. The number of alkyl halides is 2. The number of rotatable bonds is 4. The molecular weight excluding hydrogens is 200 g/mol. The zero-order valence-electron chi connectivity index (χ0n) is 8.41. The summed E-state index contributed by atoms with van der Waals surface area (Å²) in [6.45, 7) is 2.58. The molecule has 0 fully saturated rings. The van der Waals surface area contributed by atoms with Crippen molar-refractivity contribution in [1.29, 1.82) is 0 Å². The fourth-order valence-electron chi connectivity index (χ4n) is 1.21. The molecular formula is C11H13F2NO. The van der Waals surface area contributed by atoms with Crippen molar-refractivity contribution in [3.8, 4) is 5.75 Å². The standard InChI is InChI=1S/C11H13F2NO/c1-7(2)10(14)8-5-3-4-6-9(8)15-11(12)13/h3-6,10-11H,1,14H2,2H3. The molecule has 0 bridgehead atoms. The Hall–Kier alpha value is -1.42. The van der Waals surface area contributed by atoms with Crippen LogP contribution in [-0.4, -0.2) is 6.61 Å². The van der Waals surface area contributed by atoms with E-state index in [1.807, 2.05) is 0 Å². The fourth-order valence-corrected chi connectivity index (χ4v) is 1.21. The molecule has 0 amide bonds. The van der Waals surface area contributed by atoms with E-state index in [1.54, 1.807) is 25.1 Å². The Bertz CT molecular complexity index is 352. The molecule has 1 unspecified atom stereocenters. The molecule has 0 aliphatic heterocycles. The third kappa shape index (κ3) is 3.02. The normalized spacial score (nSPS) is 12.6. The first-order valence-electron chi connectivity index (χ1n) is 4.47. The first-order chi connectivity index (χ1) is 7.02. The molecule has 0 saturated heterocycles. The second-order valence-corrected chi connectivity index (χ2v) is 3.24. The molecule has 0 radical (unpaired) electrons. The van der Waals surface area contributed by atoms with Gasteiger partial charge in [0.15, 0.2) is 0 Å². The van der Waals surface area contributed by atoms with Crippen LogP contribution in [0.1, 0.15) is 18.5 Å². The highest BCUT2D eigenvalue weighted by Gasteiger charge is 2.14. The van der Waals surface area contributed by atoms with Crippen LogP contribution in [-0.2, 0) is 0 Å². The average Bonchev–Trinajstić information content (AvgIpc) is 2.16. The van der Waals surface area contributed by atoms with Crippen LogP contribution in [0.15, 0.2) is 36.4 Å². The fraction of sp³-hybridized carbons (Fsp3) is 0.273. The molecule has 4 heteroatoms. The second kappa shape index (κ2) is 4.89. The van der Waals surface area contributed by atoms with Gasteiger partial charge in [0.05, 0.1) is 6.04 Å². The van der Waals surface area contributed by atoms with Gasteiger partial charge in [0.25, 0.3) is 0 Å². The Morgan fingerprint density at radius 2 is 2.00 bits per heavy atom. The minimum Gasteiger partial charge on any atom is -0.434 e. The van der Waals surface area contributed by atoms with Crippen molar-refractivity contribution in [1.82, 2.24) is 0 Å². The third-order valence-corrected chi connectivity index (χ3v) is 2.00. The summed E-state index contributed by atoms with van der Waals surface area (Å²) in [7, 11) is 0. The van der Waals surface area contributed by atoms with Crippen LogP contribution in [0.2, 0.25) is 0 Å². The predicted octanol–water partition coefficient (Wildman–Crippen LogP) is 2.86. The molecule has 0 aliphatic carbocycles. The van der Waals surface area contributed by atoms with E-state index in [2.05, 4.69) is 11.3 Å². The van der Waals surface area contributed by atoms with Crippen molar-refractivity contribution in [2.75, 3.05) is 0 Å². The van der Waals surface area contributed by atoms with E-state index in [-0.39, 0.29) is 5.75 Å². The lowest BCUT2D eigenvalue weighted by molar-refractivity contribution is -0.0505. The van der Waals surface area contributed by atoms with Crippen LogP contribution < -0.4 is 10.5 Å². The van der Waals surface area contributed by atoms with Gasteiger partial charge in [-0.05, 0) is 13.0 Å². The summed E-state index contributed by atoms with van der Waals surface area (Å²) in [5.41, 5.74) is 7.00. The van der Waals surface area contributed by atoms with Crippen molar-refractivity contribution < 1.29 is 13.5 Å². The molecule has 1 atom stereocenters. The van der Waals surface area contributed by atoms with Gasteiger partial charge in [0.1, 0.15) is 5.75 Å². The lowest BCUT2D eigenvalue weighted by atomic mass is 10.0. The van der Waals surface area contributed by atoms with Crippen molar-refractivity contribution in [2.24, 2.45) is 5.73 Å². The minimum atomic E-state index is -2.84. The van der Waals surface area contributed by atoms with E-state index in [4.69, 9.17) is 5.73 Å². The summed E-state index contributed by atoms with van der Waals surface area (Å²) in [6.07, 6.45) is 0. The molecule has 0 saturated carbocycles. The summed E-state index contributed by atoms with van der Waals surface area (Å²) >= 11 is 0. The Kier molecular flexibility index (Phi) is 3.80. The van der Waals surface area contributed by atoms with Crippen molar-refractivity contribution in [3.05, 3.63) is 42.0 Å². The van der Waals surface area contributed by atoms with E-state index in [1.165, 1.54) is 6.07 Å². The zero-order valence-corrected chi connectivity index (χ0v) is 8.41. The zero-order chi connectivity index (χ0) is 11.4. The SMILES string of the molecule is C=C(C)C(N)c1ccccc1OC(F)F. The summed E-state index contributed by atoms with van der Waals surface area (Å²) in [4.78, 5) is 0. The molecule has 15 heavy (non-hydrogen) atoms. The van der Waals surface area contributed by atoms with Gasteiger partial charge in [0, 0.05) is 5.56 Å². The van der Waals surface area contributed by atoms with Gasteiger partial charge in [-0.25, -0.2) is 0 Å². The van der Waals surface area contributed by atoms with Gasteiger partial charge in [-0.15, -0.1) is 0 Å². The molecule has 1 aromatic carbocycles.